The molecule has 0 radical (unpaired) electrons. The Morgan fingerprint density at radius 1 is 1.41 bits per heavy atom. The summed E-state index contributed by atoms with van der Waals surface area (Å²) in [5.41, 5.74) is 0. The molecule has 17 heavy (non-hydrogen) atoms. The number of piperidine rings is 1. The van der Waals surface area contributed by atoms with E-state index in [-0.39, 0.29) is 23.8 Å². The second-order valence-electron chi connectivity index (χ2n) is 5.09. The molecule has 0 unspecified atom stereocenters. The lowest BCUT2D eigenvalue weighted by atomic mass is 9.94. The lowest BCUT2D eigenvalue weighted by molar-refractivity contribution is -0.146. The Hall–Kier alpha value is -1.10. The fraction of sp³-hybridized carbons (Fsp3) is 0.833. The lowest BCUT2D eigenvalue weighted by Gasteiger charge is -2.38. The molecule has 0 spiro atoms. The van der Waals surface area contributed by atoms with E-state index in [1.165, 1.54) is 0 Å². The maximum absolute atomic E-state index is 12.3. The second kappa shape index (κ2) is 5.04. The predicted octanol–water partition coefficient (Wildman–Crippen LogP) is -0.325. The highest BCUT2D eigenvalue weighted by atomic mass is 16.2. The Bertz CT molecular complexity index is 319. The summed E-state index contributed by atoms with van der Waals surface area (Å²) in [4.78, 5) is 27.6. The summed E-state index contributed by atoms with van der Waals surface area (Å²) in [6, 6.07) is 0.242. The molecule has 2 aliphatic heterocycles. The van der Waals surface area contributed by atoms with E-state index in [0.29, 0.717) is 13.0 Å². The first-order valence-electron chi connectivity index (χ1n) is 6.34. The number of carbonyl (C=O) groups is 2. The second-order valence-corrected chi connectivity index (χ2v) is 5.09. The molecule has 0 aliphatic carbocycles. The summed E-state index contributed by atoms with van der Waals surface area (Å²) in [6.07, 6.45) is 1.18. The zero-order valence-corrected chi connectivity index (χ0v) is 10.6. The molecular weight excluding hydrogens is 218 g/mol. The van der Waals surface area contributed by atoms with Crippen LogP contribution in [-0.4, -0.2) is 60.9 Å². The van der Waals surface area contributed by atoms with Gasteiger partial charge in [0.15, 0.2) is 0 Å². The Balaban J connectivity index is 1.97. The maximum Gasteiger partial charge on any atom is 0.226 e. The number of amides is 2. The van der Waals surface area contributed by atoms with Crippen molar-refractivity contribution in [2.75, 3.05) is 33.2 Å². The van der Waals surface area contributed by atoms with Gasteiger partial charge in [0.2, 0.25) is 11.8 Å². The summed E-state index contributed by atoms with van der Waals surface area (Å²) in [5.74, 6) is 0.164. The molecule has 2 atom stereocenters. The van der Waals surface area contributed by atoms with Gasteiger partial charge < -0.3 is 15.1 Å². The van der Waals surface area contributed by atoms with Crippen molar-refractivity contribution in [1.82, 2.24) is 15.1 Å². The molecule has 0 aromatic heterocycles. The molecule has 2 fully saturated rings. The van der Waals surface area contributed by atoms with Crippen LogP contribution < -0.4 is 5.32 Å². The number of nitrogens with zero attached hydrogens (tertiary/aromatic N) is 2. The number of rotatable bonds is 1. The maximum atomic E-state index is 12.3. The van der Waals surface area contributed by atoms with Crippen molar-refractivity contribution >= 4 is 11.8 Å². The van der Waals surface area contributed by atoms with E-state index in [4.69, 9.17) is 0 Å². The average Bonchev–Trinajstić information content (AvgIpc) is 2.32. The van der Waals surface area contributed by atoms with Gasteiger partial charge in [-0.3, -0.25) is 9.59 Å². The van der Waals surface area contributed by atoms with Crippen LogP contribution in [0.3, 0.4) is 0 Å². The monoisotopic (exact) mass is 239 g/mol. The molecule has 2 amide bonds. The molecule has 2 saturated heterocycles. The van der Waals surface area contributed by atoms with E-state index in [2.05, 4.69) is 12.2 Å². The highest BCUT2D eigenvalue weighted by Crippen LogP contribution is 2.21. The summed E-state index contributed by atoms with van der Waals surface area (Å²) < 4.78 is 0. The summed E-state index contributed by atoms with van der Waals surface area (Å²) >= 11 is 0. The van der Waals surface area contributed by atoms with Crippen LogP contribution in [0.5, 0.6) is 0 Å². The molecule has 0 bridgehead atoms. The van der Waals surface area contributed by atoms with E-state index >= 15 is 0 Å². The molecular formula is C12H21N3O2. The lowest BCUT2D eigenvalue weighted by Crippen LogP contribution is -2.55. The number of likely N-dealkylation sites (tertiary alicyclic amines) is 1. The van der Waals surface area contributed by atoms with Crippen LogP contribution in [0.4, 0.5) is 0 Å². The van der Waals surface area contributed by atoms with Gasteiger partial charge in [-0.05, 0) is 13.3 Å². The van der Waals surface area contributed by atoms with E-state index < -0.39 is 0 Å². The van der Waals surface area contributed by atoms with E-state index in [1.54, 1.807) is 11.9 Å². The molecule has 0 aromatic rings. The number of hydrogen-bond donors (Lipinski definition) is 1. The minimum Gasteiger partial charge on any atom is -0.346 e. The summed E-state index contributed by atoms with van der Waals surface area (Å²) in [5, 5.41) is 3.27. The van der Waals surface area contributed by atoms with Gasteiger partial charge in [0, 0.05) is 51.6 Å². The average molecular weight is 239 g/mol. The number of nitrogens with one attached hydrogen (secondary N) is 1. The summed E-state index contributed by atoms with van der Waals surface area (Å²) in [6.45, 7) is 5.24. The van der Waals surface area contributed by atoms with Crippen LogP contribution in [0.15, 0.2) is 0 Å². The van der Waals surface area contributed by atoms with Crippen LogP contribution >= 0.6 is 0 Å². The molecule has 1 N–H and O–H groups in total. The molecule has 96 valence electrons. The van der Waals surface area contributed by atoms with Crippen LogP contribution in [0.1, 0.15) is 19.8 Å². The number of piperazine rings is 1. The van der Waals surface area contributed by atoms with Gasteiger partial charge in [-0.1, -0.05) is 0 Å². The van der Waals surface area contributed by atoms with Crippen molar-refractivity contribution in [2.24, 2.45) is 5.92 Å². The SMILES string of the molecule is C[C@@H]1CNCCN1C(=O)[C@@H]1CCN(C)C(=O)C1. The van der Waals surface area contributed by atoms with Crippen molar-refractivity contribution < 1.29 is 9.59 Å². The van der Waals surface area contributed by atoms with Crippen molar-refractivity contribution in [3.8, 4) is 0 Å². The molecule has 5 heteroatoms. The van der Waals surface area contributed by atoms with Crippen LogP contribution in [0.25, 0.3) is 0 Å². The van der Waals surface area contributed by atoms with E-state index in [1.807, 2.05) is 4.90 Å². The van der Waals surface area contributed by atoms with Crippen molar-refractivity contribution in [1.29, 1.82) is 0 Å². The molecule has 0 saturated carbocycles. The van der Waals surface area contributed by atoms with Gasteiger partial charge in [-0.2, -0.15) is 0 Å². The standard InChI is InChI=1S/C12H21N3O2/c1-9-8-13-4-6-15(9)12(17)10-3-5-14(2)11(16)7-10/h9-10,13H,3-8H2,1-2H3/t9-,10-/m1/s1. The first-order valence-corrected chi connectivity index (χ1v) is 6.34. The van der Waals surface area contributed by atoms with Gasteiger partial charge in [0.25, 0.3) is 0 Å². The molecule has 2 aliphatic rings. The third-order valence-electron chi connectivity index (χ3n) is 3.79. The quantitative estimate of drug-likeness (QED) is 0.682. The minimum atomic E-state index is -0.0979. The predicted molar refractivity (Wildman–Crippen MR) is 64.4 cm³/mol. The largest absolute Gasteiger partial charge is 0.346 e. The molecule has 5 nitrogen and oxygen atoms in total. The molecule has 2 heterocycles. The fourth-order valence-electron chi connectivity index (χ4n) is 2.56. The van der Waals surface area contributed by atoms with Crippen molar-refractivity contribution in [2.45, 2.75) is 25.8 Å². The number of hydrogen-bond acceptors (Lipinski definition) is 3. The van der Waals surface area contributed by atoms with Crippen LogP contribution in [0.2, 0.25) is 0 Å². The van der Waals surface area contributed by atoms with Gasteiger partial charge in [0.1, 0.15) is 0 Å². The first kappa shape index (κ1) is 12.4. The van der Waals surface area contributed by atoms with Crippen molar-refractivity contribution in [3.05, 3.63) is 0 Å². The van der Waals surface area contributed by atoms with Gasteiger partial charge in [0.05, 0.1) is 0 Å². The first-order chi connectivity index (χ1) is 8.09. The normalized spacial score (nSPS) is 30.6. The highest BCUT2D eigenvalue weighted by Gasteiger charge is 2.33. The Labute approximate surface area is 102 Å². The smallest absolute Gasteiger partial charge is 0.226 e. The van der Waals surface area contributed by atoms with Gasteiger partial charge >= 0.3 is 0 Å². The van der Waals surface area contributed by atoms with Gasteiger partial charge in [-0.15, -0.1) is 0 Å². The summed E-state index contributed by atoms with van der Waals surface area (Å²) in [7, 11) is 1.80. The van der Waals surface area contributed by atoms with E-state index in [0.717, 1.165) is 26.1 Å². The number of carbonyl (C=O) groups excluding carboxylic acids is 2. The molecule has 0 aromatic carbocycles. The fourth-order valence-corrected chi connectivity index (χ4v) is 2.56. The van der Waals surface area contributed by atoms with Crippen LogP contribution in [-0.2, 0) is 9.59 Å². The third-order valence-corrected chi connectivity index (χ3v) is 3.79. The van der Waals surface area contributed by atoms with Crippen molar-refractivity contribution in [3.63, 3.8) is 0 Å². The highest BCUT2D eigenvalue weighted by molar-refractivity contribution is 5.87. The third kappa shape index (κ3) is 2.60. The minimum absolute atomic E-state index is 0.0948. The van der Waals surface area contributed by atoms with Gasteiger partial charge in [-0.25, -0.2) is 0 Å². The van der Waals surface area contributed by atoms with Crippen LogP contribution in [0, 0.1) is 5.92 Å². The van der Waals surface area contributed by atoms with E-state index in [9.17, 15) is 9.59 Å². The topological polar surface area (TPSA) is 52.7 Å². The Morgan fingerprint density at radius 2 is 2.18 bits per heavy atom. The Kier molecular flexibility index (Phi) is 3.66. The zero-order chi connectivity index (χ0) is 12.4. The Morgan fingerprint density at radius 3 is 2.82 bits per heavy atom. The zero-order valence-electron chi connectivity index (χ0n) is 10.6. The molecule has 2 rings (SSSR count).